The molecule has 0 radical (unpaired) electrons. The lowest BCUT2D eigenvalue weighted by molar-refractivity contribution is -0.142. The molecule has 136 valence electrons. The van der Waals surface area contributed by atoms with Crippen molar-refractivity contribution >= 4 is 12.0 Å². The molecule has 0 heterocycles. The van der Waals surface area contributed by atoms with Gasteiger partial charge >= 0.3 is 12.0 Å². The van der Waals surface area contributed by atoms with Crippen molar-refractivity contribution in [3.63, 3.8) is 0 Å². The molecule has 2 fully saturated rings. The third-order valence-corrected chi connectivity index (χ3v) is 5.36. The molecule has 3 rings (SSSR count). The van der Waals surface area contributed by atoms with Crippen LogP contribution in [0, 0.1) is 17.6 Å². The Morgan fingerprint density at radius 1 is 1.16 bits per heavy atom. The van der Waals surface area contributed by atoms with Crippen LogP contribution in [0.4, 0.5) is 13.6 Å². The Bertz CT molecular complexity index is 668. The Morgan fingerprint density at radius 2 is 1.84 bits per heavy atom. The highest BCUT2D eigenvalue weighted by atomic mass is 19.1. The zero-order valence-electron chi connectivity index (χ0n) is 13.9. The fourth-order valence-electron chi connectivity index (χ4n) is 3.58. The predicted molar refractivity (Wildman–Crippen MR) is 87.2 cm³/mol. The van der Waals surface area contributed by atoms with Crippen LogP contribution in [-0.4, -0.2) is 29.7 Å². The van der Waals surface area contributed by atoms with Gasteiger partial charge in [-0.05, 0) is 50.2 Å². The molecule has 1 aromatic rings. The van der Waals surface area contributed by atoms with Crippen LogP contribution in [0.5, 0.6) is 0 Å². The maximum Gasteiger partial charge on any atom is 0.315 e. The molecule has 2 aliphatic carbocycles. The van der Waals surface area contributed by atoms with Crippen molar-refractivity contribution < 1.29 is 23.5 Å². The Hall–Kier alpha value is -2.18. The molecule has 0 unspecified atom stereocenters. The molecule has 7 heteroatoms. The van der Waals surface area contributed by atoms with Crippen LogP contribution in [0.3, 0.4) is 0 Å². The van der Waals surface area contributed by atoms with E-state index in [0.717, 1.165) is 18.9 Å². The van der Waals surface area contributed by atoms with E-state index in [1.54, 1.807) is 0 Å². The largest absolute Gasteiger partial charge is 0.481 e. The van der Waals surface area contributed by atoms with E-state index < -0.39 is 23.0 Å². The van der Waals surface area contributed by atoms with Crippen LogP contribution in [0.15, 0.2) is 18.2 Å². The fraction of sp³-hybridized carbons (Fsp3) is 0.556. The molecule has 25 heavy (non-hydrogen) atoms. The number of carbonyl (C=O) groups is 2. The van der Waals surface area contributed by atoms with Crippen molar-refractivity contribution in [1.82, 2.24) is 10.6 Å². The van der Waals surface area contributed by atoms with E-state index in [9.17, 15) is 18.4 Å². The van der Waals surface area contributed by atoms with E-state index in [1.165, 1.54) is 12.1 Å². The summed E-state index contributed by atoms with van der Waals surface area (Å²) in [6.07, 6.45) is 3.90. The number of benzene rings is 1. The van der Waals surface area contributed by atoms with Crippen molar-refractivity contribution in [1.29, 1.82) is 0 Å². The number of urea groups is 1. The Morgan fingerprint density at radius 3 is 2.40 bits per heavy atom. The van der Waals surface area contributed by atoms with Gasteiger partial charge in [0, 0.05) is 24.1 Å². The molecule has 2 amide bonds. The zero-order valence-corrected chi connectivity index (χ0v) is 13.9. The number of nitrogens with one attached hydrogen (secondary N) is 2. The average molecular weight is 352 g/mol. The lowest BCUT2D eigenvalue weighted by Crippen LogP contribution is -2.46. The van der Waals surface area contributed by atoms with E-state index in [-0.39, 0.29) is 18.0 Å². The van der Waals surface area contributed by atoms with Gasteiger partial charge in [0.25, 0.3) is 0 Å². The highest BCUT2D eigenvalue weighted by Crippen LogP contribution is 2.48. The van der Waals surface area contributed by atoms with Crippen LogP contribution < -0.4 is 10.6 Å². The number of hydrogen-bond donors (Lipinski definition) is 3. The van der Waals surface area contributed by atoms with Crippen LogP contribution in [0.25, 0.3) is 0 Å². The van der Waals surface area contributed by atoms with Crippen molar-refractivity contribution in [3.8, 4) is 0 Å². The maximum atomic E-state index is 14.0. The monoisotopic (exact) mass is 352 g/mol. The second kappa shape index (κ2) is 6.98. The number of carboxylic acid groups (broad SMARTS) is 1. The molecule has 0 spiro atoms. The van der Waals surface area contributed by atoms with Gasteiger partial charge in [-0.3, -0.25) is 4.79 Å². The fourth-order valence-corrected chi connectivity index (χ4v) is 3.58. The first-order valence-corrected chi connectivity index (χ1v) is 8.62. The summed E-state index contributed by atoms with van der Waals surface area (Å²) in [7, 11) is 0. The minimum absolute atomic E-state index is 0.0340. The number of hydrogen-bond acceptors (Lipinski definition) is 2. The molecule has 2 aliphatic rings. The second-order valence-electron chi connectivity index (χ2n) is 7.12. The lowest BCUT2D eigenvalue weighted by Gasteiger charge is -2.27. The summed E-state index contributed by atoms with van der Waals surface area (Å²) in [5.41, 5.74) is -0.00743. The normalized spacial score (nSPS) is 24.4. The lowest BCUT2D eigenvalue weighted by atomic mass is 9.86. The molecule has 1 aromatic carbocycles. The summed E-state index contributed by atoms with van der Waals surface area (Å²) in [5.74, 6) is -2.29. The highest BCUT2D eigenvalue weighted by Gasteiger charge is 2.46. The number of aliphatic carboxylic acids is 1. The summed E-state index contributed by atoms with van der Waals surface area (Å²) in [4.78, 5) is 23.0. The first kappa shape index (κ1) is 17.6. The number of halogens is 2. The van der Waals surface area contributed by atoms with Gasteiger partial charge in [-0.1, -0.05) is 6.07 Å². The van der Waals surface area contributed by atoms with Gasteiger partial charge in [-0.15, -0.1) is 0 Å². The van der Waals surface area contributed by atoms with Crippen LogP contribution in [0.1, 0.15) is 44.1 Å². The zero-order chi connectivity index (χ0) is 18.0. The summed E-state index contributed by atoms with van der Waals surface area (Å²) in [5, 5.41) is 14.6. The quantitative estimate of drug-likeness (QED) is 0.762. The number of carboxylic acids is 1. The number of rotatable bonds is 5. The second-order valence-corrected chi connectivity index (χ2v) is 7.12. The van der Waals surface area contributed by atoms with Crippen LogP contribution in [-0.2, 0) is 10.2 Å². The molecule has 0 atom stereocenters. The summed E-state index contributed by atoms with van der Waals surface area (Å²) in [6, 6.07) is 3.20. The Labute approximate surface area is 144 Å². The SMILES string of the molecule is O=C(NCC1(c2ccc(F)cc2F)CC1)NC1CCC(C(=O)O)CC1. The topological polar surface area (TPSA) is 78.4 Å². The molecular weight excluding hydrogens is 330 g/mol. The van der Waals surface area contributed by atoms with Gasteiger partial charge in [-0.25, -0.2) is 13.6 Å². The molecule has 0 aromatic heterocycles. The molecule has 0 aliphatic heterocycles. The average Bonchev–Trinajstić information content (AvgIpc) is 3.34. The van der Waals surface area contributed by atoms with Crippen LogP contribution in [0.2, 0.25) is 0 Å². The standard InChI is InChI=1S/C18H22F2N2O3/c19-12-3-6-14(15(20)9-12)18(7-8-18)10-21-17(25)22-13-4-1-11(2-5-13)16(23)24/h3,6,9,11,13H,1-2,4-5,7-8,10H2,(H,23,24)(H2,21,22,25). The number of carbonyl (C=O) groups excluding carboxylic acids is 1. The van der Waals surface area contributed by atoms with Crippen molar-refractivity contribution in [3.05, 3.63) is 35.4 Å². The summed E-state index contributed by atoms with van der Waals surface area (Å²) < 4.78 is 27.0. The van der Waals surface area contributed by atoms with E-state index in [4.69, 9.17) is 5.11 Å². The number of amides is 2. The first-order chi connectivity index (χ1) is 11.9. The van der Waals surface area contributed by atoms with Crippen molar-refractivity contribution in [2.24, 2.45) is 5.92 Å². The molecule has 0 bridgehead atoms. The van der Waals surface area contributed by atoms with E-state index in [1.807, 2.05) is 0 Å². The minimum atomic E-state index is -0.778. The maximum absolute atomic E-state index is 14.0. The third kappa shape index (κ3) is 4.08. The molecule has 3 N–H and O–H groups in total. The Balaban J connectivity index is 1.49. The van der Waals surface area contributed by atoms with Gasteiger partial charge in [0.2, 0.25) is 0 Å². The van der Waals surface area contributed by atoms with Gasteiger partial charge in [0.05, 0.1) is 5.92 Å². The smallest absolute Gasteiger partial charge is 0.315 e. The minimum Gasteiger partial charge on any atom is -0.481 e. The summed E-state index contributed by atoms with van der Waals surface area (Å²) in [6.45, 7) is 0.297. The van der Waals surface area contributed by atoms with Crippen molar-refractivity contribution in [2.45, 2.75) is 50.0 Å². The van der Waals surface area contributed by atoms with Gasteiger partial charge < -0.3 is 15.7 Å². The van der Waals surface area contributed by atoms with E-state index in [2.05, 4.69) is 10.6 Å². The highest BCUT2D eigenvalue weighted by molar-refractivity contribution is 5.74. The molecular formula is C18H22F2N2O3. The van der Waals surface area contributed by atoms with E-state index in [0.29, 0.717) is 37.8 Å². The summed E-state index contributed by atoms with van der Waals surface area (Å²) >= 11 is 0. The van der Waals surface area contributed by atoms with Gasteiger partial charge in [0.1, 0.15) is 11.6 Å². The van der Waals surface area contributed by atoms with E-state index >= 15 is 0 Å². The van der Waals surface area contributed by atoms with Gasteiger partial charge in [-0.2, -0.15) is 0 Å². The van der Waals surface area contributed by atoms with Crippen LogP contribution >= 0.6 is 0 Å². The Kier molecular flexibility index (Phi) is 4.92. The first-order valence-electron chi connectivity index (χ1n) is 8.62. The van der Waals surface area contributed by atoms with Gasteiger partial charge in [0.15, 0.2) is 0 Å². The molecule has 2 saturated carbocycles. The van der Waals surface area contributed by atoms with Crippen molar-refractivity contribution in [2.75, 3.05) is 6.54 Å². The molecule has 0 saturated heterocycles. The molecule has 5 nitrogen and oxygen atoms in total. The predicted octanol–water partition coefficient (Wildman–Crippen LogP) is 2.94. The third-order valence-electron chi connectivity index (χ3n) is 5.36.